The smallest absolute Gasteiger partial charge is 0.253 e. The van der Waals surface area contributed by atoms with Crippen LogP contribution >= 0.6 is 0 Å². The van der Waals surface area contributed by atoms with Crippen molar-refractivity contribution in [2.24, 2.45) is 5.92 Å². The van der Waals surface area contributed by atoms with Gasteiger partial charge in [0.1, 0.15) is 0 Å². The molecular weight excluding hydrogens is 238 g/mol. The van der Waals surface area contributed by atoms with Crippen molar-refractivity contribution in [1.82, 2.24) is 4.90 Å². The van der Waals surface area contributed by atoms with Crippen LogP contribution in [-0.4, -0.2) is 30.9 Å². The van der Waals surface area contributed by atoms with E-state index in [0.717, 1.165) is 18.7 Å². The highest BCUT2D eigenvalue weighted by Crippen LogP contribution is 2.11. The summed E-state index contributed by atoms with van der Waals surface area (Å²) in [6, 6.07) is 9.57. The van der Waals surface area contributed by atoms with Gasteiger partial charge in [0.15, 0.2) is 0 Å². The monoisotopic (exact) mass is 259 g/mol. The van der Waals surface area contributed by atoms with Gasteiger partial charge in [0, 0.05) is 31.4 Å². The second-order valence-corrected chi connectivity index (χ2v) is 4.72. The molecular formula is C15H21N3O. The molecule has 1 amide bonds. The number of anilines is 1. The minimum absolute atomic E-state index is 0.0517. The summed E-state index contributed by atoms with van der Waals surface area (Å²) in [5, 5.41) is 12.0. The number of nitriles is 1. The molecule has 1 unspecified atom stereocenters. The SMILES string of the molecule is CCCNc1ccc(C(=O)N(C)CC(C)C#N)cc1. The number of carbonyl (C=O) groups is 1. The number of carbonyl (C=O) groups excluding carboxylic acids is 1. The van der Waals surface area contributed by atoms with Crippen molar-refractivity contribution < 1.29 is 4.79 Å². The van der Waals surface area contributed by atoms with E-state index in [2.05, 4.69) is 18.3 Å². The van der Waals surface area contributed by atoms with Crippen molar-refractivity contribution in [3.05, 3.63) is 29.8 Å². The van der Waals surface area contributed by atoms with Crippen LogP contribution in [0.3, 0.4) is 0 Å². The summed E-state index contributed by atoms with van der Waals surface area (Å²) in [6.45, 7) is 5.29. The van der Waals surface area contributed by atoms with Gasteiger partial charge in [-0.05, 0) is 37.6 Å². The third-order valence-corrected chi connectivity index (χ3v) is 2.83. The summed E-state index contributed by atoms with van der Waals surface area (Å²) in [5.74, 6) is -0.205. The van der Waals surface area contributed by atoms with Crippen LogP contribution in [0.25, 0.3) is 0 Å². The van der Waals surface area contributed by atoms with Gasteiger partial charge in [-0.15, -0.1) is 0 Å². The average molecular weight is 259 g/mol. The molecule has 1 atom stereocenters. The Balaban J connectivity index is 2.64. The Kier molecular flexibility index (Phi) is 5.87. The number of hydrogen-bond acceptors (Lipinski definition) is 3. The molecule has 102 valence electrons. The summed E-state index contributed by atoms with van der Waals surface area (Å²) in [6.07, 6.45) is 1.06. The van der Waals surface area contributed by atoms with E-state index in [4.69, 9.17) is 5.26 Å². The Hall–Kier alpha value is -2.02. The lowest BCUT2D eigenvalue weighted by molar-refractivity contribution is 0.0785. The van der Waals surface area contributed by atoms with Gasteiger partial charge in [-0.25, -0.2) is 0 Å². The normalized spacial score (nSPS) is 11.5. The fourth-order valence-electron chi connectivity index (χ4n) is 1.75. The molecule has 1 N–H and O–H groups in total. The fourth-order valence-corrected chi connectivity index (χ4v) is 1.75. The van der Waals surface area contributed by atoms with Crippen LogP contribution in [0, 0.1) is 17.2 Å². The van der Waals surface area contributed by atoms with Crippen molar-refractivity contribution in [3.8, 4) is 6.07 Å². The minimum Gasteiger partial charge on any atom is -0.385 e. The molecule has 0 bridgehead atoms. The Bertz CT molecular complexity index is 447. The third kappa shape index (κ3) is 4.63. The van der Waals surface area contributed by atoms with Gasteiger partial charge in [-0.2, -0.15) is 5.26 Å². The number of hydrogen-bond donors (Lipinski definition) is 1. The quantitative estimate of drug-likeness (QED) is 0.854. The molecule has 0 fully saturated rings. The maximum absolute atomic E-state index is 12.1. The predicted octanol–water partition coefficient (Wildman–Crippen LogP) is 2.74. The first kappa shape index (κ1) is 15.0. The first-order valence-corrected chi connectivity index (χ1v) is 6.57. The molecule has 1 aromatic rings. The van der Waals surface area contributed by atoms with Gasteiger partial charge in [-0.1, -0.05) is 6.92 Å². The Labute approximate surface area is 115 Å². The van der Waals surface area contributed by atoms with Crippen LogP contribution in [0.2, 0.25) is 0 Å². The lowest BCUT2D eigenvalue weighted by Crippen LogP contribution is -2.30. The molecule has 0 saturated carbocycles. The van der Waals surface area contributed by atoms with E-state index in [1.54, 1.807) is 11.9 Å². The standard InChI is InChI=1S/C15H21N3O/c1-4-9-17-14-7-5-13(6-8-14)15(19)18(3)11-12(2)10-16/h5-8,12,17H,4,9,11H2,1-3H3. The van der Waals surface area contributed by atoms with E-state index >= 15 is 0 Å². The summed E-state index contributed by atoms with van der Waals surface area (Å²) < 4.78 is 0. The second-order valence-electron chi connectivity index (χ2n) is 4.72. The van der Waals surface area contributed by atoms with E-state index in [1.165, 1.54) is 0 Å². The summed E-state index contributed by atoms with van der Waals surface area (Å²) in [4.78, 5) is 13.7. The van der Waals surface area contributed by atoms with E-state index in [0.29, 0.717) is 12.1 Å². The second kappa shape index (κ2) is 7.42. The van der Waals surface area contributed by atoms with E-state index in [-0.39, 0.29) is 11.8 Å². The van der Waals surface area contributed by atoms with Gasteiger partial charge in [-0.3, -0.25) is 4.79 Å². The average Bonchev–Trinajstić information content (AvgIpc) is 2.44. The van der Waals surface area contributed by atoms with Crippen molar-refractivity contribution >= 4 is 11.6 Å². The highest BCUT2D eigenvalue weighted by molar-refractivity contribution is 5.94. The molecule has 0 aliphatic rings. The first-order chi connectivity index (χ1) is 9.08. The van der Waals surface area contributed by atoms with E-state index in [9.17, 15) is 4.79 Å². The number of benzene rings is 1. The molecule has 0 aliphatic carbocycles. The van der Waals surface area contributed by atoms with Crippen molar-refractivity contribution in [3.63, 3.8) is 0 Å². The van der Waals surface area contributed by atoms with Crippen LogP contribution in [0.15, 0.2) is 24.3 Å². The molecule has 0 radical (unpaired) electrons. The zero-order chi connectivity index (χ0) is 14.3. The number of nitrogens with zero attached hydrogens (tertiary/aromatic N) is 2. The van der Waals surface area contributed by atoms with Crippen LogP contribution in [0.5, 0.6) is 0 Å². The topological polar surface area (TPSA) is 56.1 Å². The van der Waals surface area contributed by atoms with Gasteiger partial charge in [0.05, 0.1) is 12.0 Å². The molecule has 0 spiro atoms. The van der Waals surface area contributed by atoms with E-state index < -0.39 is 0 Å². The summed E-state index contributed by atoms with van der Waals surface area (Å²) in [5.41, 5.74) is 1.67. The minimum atomic E-state index is -0.153. The van der Waals surface area contributed by atoms with Gasteiger partial charge >= 0.3 is 0 Å². The summed E-state index contributed by atoms with van der Waals surface area (Å²) >= 11 is 0. The third-order valence-electron chi connectivity index (χ3n) is 2.83. The van der Waals surface area contributed by atoms with Gasteiger partial charge in [0.2, 0.25) is 0 Å². The molecule has 1 aromatic carbocycles. The fraction of sp³-hybridized carbons (Fsp3) is 0.467. The molecule has 4 heteroatoms. The molecule has 0 saturated heterocycles. The van der Waals surface area contributed by atoms with Gasteiger partial charge < -0.3 is 10.2 Å². The van der Waals surface area contributed by atoms with Gasteiger partial charge in [0.25, 0.3) is 5.91 Å². The Morgan fingerprint density at radius 2 is 2.05 bits per heavy atom. The number of nitrogens with one attached hydrogen (secondary N) is 1. The molecule has 0 aromatic heterocycles. The maximum atomic E-state index is 12.1. The Morgan fingerprint density at radius 1 is 1.42 bits per heavy atom. The molecule has 0 aliphatic heterocycles. The molecule has 4 nitrogen and oxygen atoms in total. The lowest BCUT2D eigenvalue weighted by Gasteiger charge is -2.18. The van der Waals surface area contributed by atoms with Crippen LogP contribution in [-0.2, 0) is 0 Å². The number of amides is 1. The highest BCUT2D eigenvalue weighted by atomic mass is 16.2. The van der Waals surface area contributed by atoms with Crippen LogP contribution in [0.4, 0.5) is 5.69 Å². The van der Waals surface area contributed by atoms with Crippen LogP contribution < -0.4 is 5.32 Å². The Morgan fingerprint density at radius 3 is 2.58 bits per heavy atom. The maximum Gasteiger partial charge on any atom is 0.253 e. The summed E-state index contributed by atoms with van der Waals surface area (Å²) in [7, 11) is 1.72. The number of rotatable bonds is 6. The first-order valence-electron chi connectivity index (χ1n) is 6.57. The van der Waals surface area contributed by atoms with Crippen LogP contribution in [0.1, 0.15) is 30.6 Å². The molecule has 0 heterocycles. The van der Waals surface area contributed by atoms with Crippen molar-refractivity contribution in [2.45, 2.75) is 20.3 Å². The van der Waals surface area contributed by atoms with Crippen molar-refractivity contribution in [2.75, 3.05) is 25.5 Å². The predicted molar refractivity (Wildman–Crippen MR) is 77.0 cm³/mol. The largest absolute Gasteiger partial charge is 0.385 e. The van der Waals surface area contributed by atoms with E-state index in [1.807, 2.05) is 31.2 Å². The highest BCUT2D eigenvalue weighted by Gasteiger charge is 2.13. The molecule has 19 heavy (non-hydrogen) atoms. The zero-order valence-electron chi connectivity index (χ0n) is 11.8. The zero-order valence-corrected chi connectivity index (χ0v) is 11.8. The lowest BCUT2D eigenvalue weighted by atomic mass is 10.1. The van der Waals surface area contributed by atoms with Crippen molar-refractivity contribution in [1.29, 1.82) is 5.26 Å². The molecule has 1 rings (SSSR count).